The van der Waals surface area contributed by atoms with E-state index >= 15 is 0 Å². The van der Waals surface area contributed by atoms with Gasteiger partial charge in [0.25, 0.3) is 0 Å². The van der Waals surface area contributed by atoms with Gasteiger partial charge in [0, 0.05) is 44.7 Å². The van der Waals surface area contributed by atoms with E-state index in [1.807, 2.05) is 19.1 Å². The van der Waals surface area contributed by atoms with Gasteiger partial charge < -0.3 is 15.4 Å². The molecule has 0 aromatic heterocycles. The Morgan fingerprint density at radius 3 is 2.63 bits per heavy atom. The average molecular weight is 415 g/mol. The molecule has 0 saturated carbocycles. The number of thioether (sulfide) groups is 1. The predicted molar refractivity (Wildman–Crippen MR) is 113 cm³/mol. The number of sulfonamides is 1. The van der Waals surface area contributed by atoms with Crippen molar-refractivity contribution < 1.29 is 13.2 Å². The van der Waals surface area contributed by atoms with E-state index in [0.29, 0.717) is 32.1 Å². The first-order chi connectivity index (χ1) is 13.0. The second-order valence-electron chi connectivity index (χ2n) is 6.31. The van der Waals surface area contributed by atoms with Gasteiger partial charge in [-0.15, -0.1) is 0 Å². The molecule has 1 aromatic rings. The number of benzene rings is 1. The molecule has 0 atom stereocenters. The van der Waals surface area contributed by atoms with Crippen molar-refractivity contribution in [3.05, 3.63) is 29.3 Å². The summed E-state index contributed by atoms with van der Waals surface area (Å²) in [5, 5.41) is 6.31. The van der Waals surface area contributed by atoms with Crippen LogP contribution in [0.25, 0.3) is 0 Å². The maximum Gasteiger partial charge on any atom is 0.215 e. The molecule has 0 amide bonds. The van der Waals surface area contributed by atoms with Gasteiger partial charge >= 0.3 is 0 Å². The number of methoxy groups -OCH3 is 1. The van der Waals surface area contributed by atoms with Crippen molar-refractivity contribution in [1.82, 2.24) is 14.9 Å². The Morgan fingerprint density at radius 2 is 1.96 bits per heavy atom. The normalized spacial score (nSPS) is 16.2. The van der Waals surface area contributed by atoms with E-state index < -0.39 is 10.0 Å². The molecule has 0 aliphatic carbocycles. The number of rotatable bonds is 8. The lowest BCUT2D eigenvalue weighted by Crippen LogP contribution is -2.44. The first kappa shape index (κ1) is 21.8. The van der Waals surface area contributed by atoms with E-state index in [4.69, 9.17) is 4.74 Å². The summed E-state index contributed by atoms with van der Waals surface area (Å²) in [6.07, 6.45) is 0.821. The third-order valence-electron chi connectivity index (χ3n) is 4.42. The topological polar surface area (TPSA) is 83.0 Å². The van der Waals surface area contributed by atoms with Crippen LogP contribution in [0.3, 0.4) is 0 Å². The number of hydrogen-bond donors (Lipinski definition) is 2. The zero-order chi connectivity index (χ0) is 19.7. The molecule has 0 bridgehead atoms. The molecule has 0 spiro atoms. The molecule has 0 radical (unpaired) electrons. The molecule has 1 fully saturated rings. The molecule has 152 valence electrons. The average Bonchev–Trinajstić information content (AvgIpc) is 2.68. The van der Waals surface area contributed by atoms with E-state index in [1.54, 1.807) is 30.2 Å². The maximum absolute atomic E-state index is 12.3. The Hall–Kier alpha value is -1.45. The summed E-state index contributed by atoms with van der Waals surface area (Å²) >= 11 is 1.80. The van der Waals surface area contributed by atoms with E-state index in [0.717, 1.165) is 29.2 Å². The minimum Gasteiger partial charge on any atom is -0.496 e. The Morgan fingerprint density at radius 1 is 1.26 bits per heavy atom. The summed E-state index contributed by atoms with van der Waals surface area (Å²) in [5.74, 6) is 3.32. The zero-order valence-electron chi connectivity index (χ0n) is 16.3. The number of nitrogens with zero attached hydrogens (tertiary/aromatic N) is 2. The molecule has 1 aromatic carbocycles. The second kappa shape index (κ2) is 10.8. The lowest BCUT2D eigenvalue weighted by Gasteiger charge is -2.25. The third kappa shape index (κ3) is 6.90. The molecule has 2 N–H and O–H groups in total. The number of ether oxygens (including phenoxy) is 1. The largest absolute Gasteiger partial charge is 0.496 e. The fraction of sp³-hybridized carbons (Fsp3) is 0.611. The molecule has 1 saturated heterocycles. The summed E-state index contributed by atoms with van der Waals surface area (Å²) < 4.78 is 31.6. The third-order valence-corrected chi connectivity index (χ3v) is 7.23. The van der Waals surface area contributed by atoms with Crippen LogP contribution in [0, 0.1) is 6.92 Å². The van der Waals surface area contributed by atoms with Crippen molar-refractivity contribution >= 4 is 27.7 Å². The molecule has 1 heterocycles. The maximum atomic E-state index is 12.3. The quantitative estimate of drug-likeness (QED) is 0.489. The van der Waals surface area contributed by atoms with Crippen molar-refractivity contribution in [2.45, 2.75) is 13.3 Å². The van der Waals surface area contributed by atoms with Crippen LogP contribution in [0.15, 0.2) is 23.2 Å². The molecule has 1 aliphatic heterocycles. The smallest absolute Gasteiger partial charge is 0.215 e. The summed E-state index contributed by atoms with van der Waals surface area (Å²) in [4.78, 5) is 4.16. The SMILES string of the molecule is CN=C(NCCc1ccc(C)c(OC)c1)NCCS(=O)(=O)N1CCSCC1. The fourth-order valence-electron chi connectivity index (χ4n) is 2.82. The van der Waals surface area contributed by atoms with Crippen molar-refractivity contribution in [2.24, 2.45) is 4.99 Å². The molecular formula is C18H30N4O3S2. The lowest BCUT2D eigenvalue weighted by atomic mass is 10.1. The van der Waals surface area contributed by atoms with Gasteiger partial charge in [0.1, 0.15) is 5.75 Å². The van der Waals surface area contributed by atoms with Crippen molar-refractivity contribution in [3.63, 3.8) is 0 Å². The number of nitrogens with one attached hydrogen (secondary N) is 2. The number of aliphatic imine (C=N–C) groups is 1. The highest BCUT2D eigenvalue weighted by atomic mass is 32.2. The number of aryl methyl sites for hydroxylation is 1. The van der Waals surface area contributed by atoms with E-state index in [-0.39, 0.29) is 5.75 Å². The van der Waals surface area contributed by atoms with Crippen molar-refractivity contribution in [1.29, 1.82) is 0 Å². The first-order valence-electron chi connectivity index (χ1n) is 9.10. The van der Waals surface area contributed by atoms with Crippen LogP contribution in [0.2, 0.25) is 0 Å². The Kier molecular flexibility index (Phi) is 8.72. The Bertz CT molecular complexity index is 732. The van der Waals surface area contributed by atoms with Crippen LogP contribution in [0.5, 0.6) is 5.75 Å². The van der Waals surface area contributed by atoms with Gasteiger partial charge in [0.05, 0.1) is 12.9 Å². The molecule has 27 heavy (non-hydrogen) atoms. The highest BCUT2D eigenvalue weighted by molar-refractivity contribution is 7.99. The van der Waals surface area contributed by atoms with Gasteiger partial charge in [-0.25, -0.2) is 12.7 Å². The van der Waals surface area contributed by atoms with Gasteiger partial charge in [-0.2, -0.15) is 11.8 Å². The van der Waals surface area contributed by atoms with Crippen LogP contribution in [0.4, 0.5) is 0 Å². The summed E-state index contributed by atoms with van der Waals surface area (Å²) in [6.45, 7) is 4.27. The van der Waals surface area contributed by atoms with Crippen LogP contribution < -0.4 is 15.4 Å². The highest BCUT2D eigenvalue weighted by Crippen LogP contribution is 2.19. The number of hydrogen-bond acceptors (Lipinski definition) is 5. The predicted octanol–water partition coefficient (Wildman–Crippen LogP) is 1.09. The molecule has 9 heteroatoms. The van der Waals surface area contributed by atoms with E-state index in [2.05, 4.69) is 21.7 Å². The first-order valence-corrected chi connectivity index (χ1v) is 11.9. The van der Waals surface area contributed by atoms with Crippen LogP contribution >= 0.6 is 11.8 Å². The Balaban J connectivity index is 1.74. The second-order valence-corrected chi connectivity index (χ2v) is 9.62. The van der Waals surface area contributed by atoms with Gasteiger partial charge in [-0.05, 0) is 30.5 Å². The van der Waals surface area contributed by atoms with E-state index in [1.165, 1.54) is 5.56 Å². The lowest BCUT2D eigenvalue weighted by molar-refractivity contribution is 0.411. The van der Waals surface area contributed by atoms with Gasteiger partial charge in [-0.1, -0.05) is 12.1 Å². The van der Waals surface area contributed by atoms with Crippen LogP contribution in [-0.2, 0) is 16.4 Å². The van der Waals surface area contributed by atoms with Crippen LogP contribution in [0.1, 0.15) is 11.1 Å². The molecule has 0 unspecified atom stereocenters. The zero-order valence-corrected chi connectivity index (χ0v) is 18.0. The van der Waals surface area contributed by atoms with Crippen molar-refractivity contribution in [3.8, 4) is 5.75 Å². The summed E-state index contributed by atoms with van der Waals surface area (Å²) in [6, 6.07) is 6.17. The van der Waals surface area contributed by atoms with Gasteiger partial charge in [0.2, 0.25) is 10.0 Å². The summed E-state index contributed by atoms with van der Waals surface area (Å²) in [7, 11) is 0.153. The molecule has 1 aliphatic rings. The fourth-order valence-corrected chi connectivity index (χ4v) is 5.31. The molecule has 2 rings (SSSR count). The van der Waals surface area contributed by atoms with Gasteiger partial charge in [-0.3, -0.25) is 4.99 Å². The Labute approximate surface area is 167 Å². The molecule has 7 nitrogen and oxygen atoms in total. The standard InChI is InChI=1S/C18H30N4O3S2/c1-15-4-5-16(14-17(15)25-3)6-7-20-18(19-2)21-8-13-27(23,24)22-9-11-26-12-10-22/h4-5,14H,6-13H2,1-3H3,(H2,19,20,21). The minimum absolute atomic E-state index is 0.0769. The monoisotopic (exact) mass is 414 g/mol. The number of guanidine groups is 1. The molecular weight excluding hydrogens is 384 g/mol. The van der Waals surface area contributed by atoms with Crippen molar-refractivity contribution in [2.75, 3.05) is 57.6 Å². The highest BCUT2D eigenvalue weighted by Gasteiger charge is 2.23. The van der Waals surface area contributed by atoms with E-state index in [9.17, 15) is 8.42 Å². The summed E-state index contributed by atoms with van der Waals surface area (Å²) in [5.41, 5.74) is 2.28. The van der Waals surface area contributed by atoms with Crippen LogP contribution in [-0.4, -0.2) is 76.3 Å². The minimum atomic E-state index is -3.20. The van der Waals surface area contributed by atoms with Gasteiger partial charge in [0.15, 0.2) is 5.96 Å².